The third-order valence-corrected chi connectivity index (χ3v) is 10.7. The van der Waals surface area contributed by atoms with Gasteiger partial charge in [0, 0.05) is 23.9 Å². The van der Waals surface area contributed by atoms with Gasteiger partial charge in [-0.25, -0.2) is 22.6 Å². The molecule has 5 unspecified atom stereocenters. The Balaban J connectivity index is 1.44. The summed E-state index contributed by atoms with van der Waals surface area (Å²) in [5.74, 6) is -3.14. The van der Waals surface area contributed by atoms with Gasteiger partial charge in [0.05, 0.1) is 11.8 Å². The first-order valence-corrected chi connectivity index (χ1v) is 17.8. The predicted molar refractivity (Wildman–Crippen MR) is 178 cm³/mol. The Kier molecular flexibility index (Phi) is 9.47. The smallest absolute Gasteiger partial charge is 0.408 e. The summed E-state index contributed by atoms with van der Waals surface area (Å²) >= 11 is 0. The second-order valence-electron chi connectivity index (χ2n) is 15.1. The minimum absolute atomic E-state index is 0.0505. The lowest BCUT2D eigenvalue weighted by molar-refractivity contribution is -0.143. The number of fused-ring (bicyclic) bond motifs is 1. The van der Waals surface area contributed by atoms with Crippen molar-refractivity contribution < 1.29 is 41.5 Å². The van der Waals surface area contributed by atoms with Crippen LogP contribution in [-0.4, -0.2) is 83.2 Å². The average Bonchev–Trinajstić information content (AvgIpc) is 3.91. The van der Waals surface area contributed by atoms with E-state index in [4.69, 9.17) is 9.47 Å². The van der Waals surface area contributed by atoms with Crippen LogP contribution in [0.5, 0.6) is 5.88 Å². The molecule has 13 nitrogen and oxygen atoms in total. The van der Waals surface area contributed by atoms with Crippen molar-refractivity contribution in [1.29, 1.82) is 0 Å². The zero-order valence-corrected chi connectivity index (χ0v) is 29.4. The first-order valence-electron chi connectivity index (χ1n) is 16.3. The number of hydrogen-bond acceptors (Lipinski definition) is 9. The molecule has 49 heavy (non-hydrogen) atoms. The van der Waals surface area contributed by atoms with Crippen molar-refractivity contribution in [2.75, 3.05) is 6.54 Å². The average molecular weight is 702 g/mol. The number of rotatable bonds is 10. The molecule has 0 radical (unpaired) electrons. The molecule has 1 aromatic heterocycles. The van der Waals surface area contributed by atoms with Crippen molar-refractivity contribution in [3.8, 4) is 5.88 Å². The van der Waals surface area contributed by atoms with Crippen molar-refractivity contribution in [2.45, 2.75) is 102 Å². The van der Waals surface area contributed by atoms with Crippen molar-refractivity contribution in [3.05, 3.63) is 48.9 Å². The molecular weight excluding hydrogens is 657 g/mol. The molecule has 2 aliphatic carbocycles. The molecule has 0 bridgehead atoms. The summed E-state index contributed by atoms with van der Waals surface area (Å²) in [6, 6.07) is 3.51. The Morgan fingerprint density at radius 3 is 2.41 bits per heavy atom. The zero-order chi connectivity index (χ0) is 36.1. The van der Waals surface area contributed by atoms with Gasteiger partial charge in [-0.1, -0.05) is 32.9 Å². The van der Waals surface area contributed by atoms with Crippen LogP contribution in [0.4, 0.5) is 9.18 Å². The van der Waals surface area contributed by atoms with Crippen LogP contribution in [0.15, 0.2) is 43.1 Å². The summed E-state index contributed by atoms with van der Waals surface area (Å²) in [6.07, 6.45) is 2.29. The second kappa shape index (κ2) is 12.9. The molecule has 3 fully saturated rings. The fourth-order valence-corrected chi connectivity index (χ4v) is 7.36. The molecule has 5 rings (SSSR count). The maximum absolute atomic E-state index is 14.3. The van der Waals surface area contributed by atoms with Gasteiger partial charge in [0.1, 0.15) is 35.1 Å². The van der Waals surface area contributed by atoms with Gasteiger partial charge >= 0.3 is 6.09 Å². The molecule has 1 aromatic carbocycles. The number of benzene rings is 1. The Hall–Kier alpha value is -4.27. The van der Waals surface area contributed by atoms with Crippen LogP contribution < -0.4 is 20.1 Å². The molecular formula is C34H44FN5O8S. The third-order valence-electron chi connectivity index (χ3n) is 8.84. The van der Waals surface area contributed by atoms with Crippen LogP contribution in [0.2, 0.25) is 0 Å². The van der Waals surface area contributed by atoms with Crippen LogP contribution in [0.1, 0.15) is 67.2 Å². The Bertz CT molecular complexity index is 1780. The van der Waals surface area contributed by atoms with Gasteiger partial charge in [0.2, 0.25) is 27.7 Å². The van der Waals surface area contributed by atoms with E-state index in [1.54, 1.807) is 53.7 Å². The monoisotopic (exact) mass is 701 g/mol. The standard InChI is InChI=1S/C34H44FN5O8S/c1-8-20-17-34(20,30(43)39-49(45,46)23-11-12-23)38-27(41)25-16-22(47-28-24-15-21(35)10-9-19(24)13-14-36-28)18-40(25)29(42)26(32(2,3)4)37-31(44)48-33(5,6)7/h8-10,13-15,20,22-23,25-26H,1,11-12,16-18H2,2-7H3,(H,37,44)(H,38,41)(H,39,43). The molecule has 0 spiro atoms. The predicted octanol–water partition coefficient (Wildman–Crippen LogP) is 3.33. The first kappa shape index (κ1) is 36.0. The maximum atomic E-state index is 14.3. The molecule has 3 N–H and O–H groups in total. The van der Waals surface area contributed by atoms with Gasteiger partial charge in [-0.3, -0.25) is 19.1 Å². The highest BCUT2D eigenvalue weighted by molar-refractivity contribution is 7.91. The number of aromatic nitrogens is 1. The van der Waals surface area contributed by atoms with E-state index in [-0.39, 0.29) is 25.3 Å². The van der Waals surface area contributed by atoms with E-state index >= 15 is 0 Å². The molecule has 3 aliphatic rings. The number of ether oxygens (including phenoxy) is 2. The van der Waals surface area contributed by atoms with Crippen molar-refractivity contribution in [1.82, 2.24) is 25.2 Å². The molecule has 1 aliphatic heterocycles. The van der Waals surface area contributed by atoms with E-state index in [0.29, 0.717) is 23.6 Å². The van der Waals surface area contributed by atoms with Gasteiger partial charge < -0.3 is 25.0 Å². The van der Waals surface area contributed by atoms with Gasteiger partial charge in [-0.2, -0.15) is 0 Å². The first-order chi connectivity index (χ1) is 22.7. The Morgan fingerprint density at radius 1 is 1.12 bits per heavy atom. The van der Waals surface area contributed by atoms with Gasteiger partial charge in [-0.05, 0) is 69.0 Å². The number of sulfonamides is 1. The second-order valence-corrected chi connectivity index (χ2v) is 17.1. The molecule has 2 aromatic rings. The summed E-state index contributed by atoms with van der Waals surface area (Å²) in [5.41, 5.74) is -3.27. The quantitative estimate of drug-likeness (QED) is 0.314. The summed E-state index contributed by atoms with van der Waals surface area (Å²) < 4.78 is 53.2. The SMILES string of the molecule is C=CC1CC1(NC(=O)C1CC(Oc2nccc3ccc(F)cc23)CN1C(=O)C(NC(=O)OC(C)(C)C)C(C)(C)C)C(=O)NS(=O)(=O)C1CC1. The van der Waals surface area contributed by atoms with Crippen LogP contribution >= 0.6 is 0 Å². The van der Waals surface area contributed by atoms with E-state index in [1.165, 1.54) is 29.3 Å². The van der Waals surface area contributed by atoms with Crippen molar-refractivity contribution in [2.24, 2.45) is 11.3 Å². The summed E-state index contributed by atoms with van der Waals surface area (Å²) in [5, 5.41) is 5.80. The highest BCUT2D eigenvalue weighted by Gasteiger charge is 2.62. The van der Waals surface area contributed by atoms with E-state index < -0.39 is 85.6 Å². The number of nitrogens with one attached hydrogen (secondary N) is 3. The number of nitrogens with zero attached hydrogens (tertiary/aromatic N) is 2. The normalized spacial score (nSPS) is 24.5. The van der Waals surface area contributed by atoms with Gasteiger partial charge in [-0.15, -0.1) is 6.58 Å². The number of carbonyl (C=O) groups is 4. The largest absolute Gasteiger partial charge is 0.472 e. The number of hydrogen-bond donors (Lipinski definition) is 3. The minimum atomic E-state index is -3.91. The molecule has 2 saturated carbocycles. The Morgan fingerprint density at radius 2 is 1.82 bits per heavy atom. The van der Waals surface area contributed by atoms with Crippen LogP contribution in [0, 0.1) is 17.2 Å². The van der Waals surface area contributed by atoms with Gasteiger partial charge in [0.25, 0.3) is 5.91 Å². The number of likely N-dealkylation sites (tertiary alicyclic amines) is 1. The Labute approximate surface area is 285 Å². The lowest BCUT2D eigenvalue weighted by atomic mass is 9.85. The zero-order valence-electron chi connectivity index (χ0n) is 28.5. The summed E-state index contributed by atoms with van der Waals surface area (Å²) in [4.78, 5) is 60.3. The lowest BCUT2D eigenvalue weighted by Gasteiger charge is -2.36. The number of carbonyl (C=O) groups excluding carboxylic acids is 4. The molecule has 2 heterocycles. The van der Waals surface area contributed by atoms with Gasteiger partial charge in [0.15, 0.2) is 0 Å². The maximum Gasteiger partial charge on any atom is 0.408 e. The number of pyridine rings is 1. The number of amides is 4. The molecule has 5 atom stereocenters. The van der Waals surface area contributed by atoms with E-state index in [1.807, 2.05) is 0 Å². The highest BCUT2D eigenvalue weighted by atomic mass is 32.2. The van der Waals surface area contributed by atoms with E-state index in [9.17, 15) is 32.0 Å². The van der Waals surface area contributed by atoms with Crippen LogP contribution in [0.3, 0.4) is 0 Å². The minimum Gasteiger partial charge on any atom is -0.472 e. The highest BCUT2D eigenvalue weighted by Crippen LogP contribution is 2.45. The number of halogens is 1. The molecule has 1 saturated heterocycles. The summed E-state index contributed by atoms with van der Waals surface area (Å²) in [6.45, 7) is 13.9. The van der Waals surface area contributed by atoms with Crippen LogP contribution in [-0.2, 0) is 29.1 Å². The fourth-order valence-electron chi connectivity index (χ4n) is 6.00. The topological polar surface area (TPSA) is 173 Å². The third kappa shape index (κ3) is 7.97. The van der Waals surface area contributed by atoms with Crippen LogP contribution in [0.25, 0.3) is 10.8 Å². The van der Waals surface area contributed by atoms with Crippen molar-refractivity contribution >= 4 is 44.6 Å². The molecule has 4 amide bonds. The van der Waals surface area contributed by atoms with E-state index in [2.05, 4.69) is 26.9 Å². The molecule has 15 heteroatoms. The number of alkyl carbamates (subject to hydrolysis) is 1. The molecule has 266 valence electrons. The summed E-state index contributed by atoms with van der Waals surface area (Å²) in [7, 11) is -3.91. The van der Waals surface area contributed by atoms with Crippen molar-refractivity contribution in [3.63, 3.8) is 0 Å². The van der Waals surface area contributed by atoms with E-state index in [0.717, 1.165) is 0 Å². The lowest BCUT2D eigenvalue weighted by Crippen LogP contribution is -2.60. The fraction of sp³-hybridized carbons (Fsp3) is 0.559.